The first kappa shape index (κ1) is 23.2. The van der Waals surface area contributed by atoms with Gasteiger partial charge in [-0.1, -0.05) is 37.3 Å². The van der Waals surface area contributed by atoms with Gasteiger partial charge in [0.1, 0.15) is 0 Å². The van der Waals surface area contributed by atoms with Crippen LogP contribution in [0.4, 0.5) is 0 Å². The lowest BCUT2D eigenvalue weighted by Crippen LogP contribution is -2.42. The third kappa shape index (κ3) is 8.68. The van der Waals surface area contributed by atoms with Crippen LogP contribution in [0.25, 0.3) is 0 Å². The summed E-state index contributed by atoms with van der Waals surface area (Å²) in [6.07, 6.45) is 1.26. The maximum absolute atomic E-state index is 4.77. The molecule has 26 heavy (non-hydrogen) atoms. The topological polar surface area (TPSA) is 42.9 Å². The van der Waals surface area contributed by atoms with Crippen LogP contribution in [0.15, 0.2) is 35.3 Å². The van der Waals surface area contributed by atoms with E-state index in [0.717, 1.165) is 38.7 Å². The van der Waals surface area contributed by atoms with Gasteiger partial charge in [0, 0.05) is 45.2 Å². The molecule has 0 spiro atoms. The van der Waals surface area contributed by atoms with E-state index < -0.39 is 0 Å². The number of hydrogen-bond acceptors (Lipinski definition) is 3. The Morgan fingerprint density at radius 2 is 1.88 bits per heavy atom. The van der Waals surface area contributed by atoms with Crippen LogP contribution in [0.5, 0.6) is 0 Å². The Bertz CT molecular complexity index is 508. The highest BCUT2D eigenvalue weighted by Gasteiger charge is 2.11. The fourth-order valence-corrected chi connectivity index (χ4v) is 3.11. The number of nitrogens with zero attached hydrogens (tertiary/aromatic N) is 3. The monoisotopic (exact) mass is 473 g/mol. The minimum Gasteiger partial charge on any atom is -0.357 e. The van der Waals surface area contributed by atoms with Crippen molar-refractivity contribution < 1.29 is 0 Å². The average molecular weight is 473 g/mol. The van der Waals surface area contributed by atoms with Gasteiger partial charge >= 0.3 is 0 Å². The molecule has 1 aromatic carbocycles. The first-order valence-corrected chi connectivity index (χ1v) is 9.67. The number of benzene rings is 1. The van der Waals surface area contributed by atoms with E-state index >= 15 is 0 Å². The first-order chi connectivity index (χ1) is 12.2. The zero-order valence-corrected chi connectivity index (χ0v) is 18.9. The number of guanidine groups is 1. The number of nitrogens with one attached hydrogen (secondary N) is 2. The van der Waals surface area contributed by atoms with Gasteiger partial charge in [0.05, 0.1) is 0 Å². The molecule has 0 aromatic heterocycles. The number of halogens is 1. The molecule has 1 saturated heterocycles. The summed E-state index contributed by atoms with van der Waals surface area (Å²) in [5.41, 5.74) is 1.34. The van der Waals surface area contributed by atoms with Gasteiger partial charge in [-0.15, -0.1) is 24.0 Å². The summed E-state index contributed by atoms with van der Waals surface area (Å²) in [5, 5.41) is 6.85. The molecule has 2 N–H and O–H groups in total. The first-order valence-electron chi connectivity index (χ1n) is 9.67. The van der Waals surface area contributed by atoms with Crippen LogP contribution < -0.4 is 10.6 Å². The predicted octanol–water partition coefficient (Wildman–Crippen LogP) is 2.60. The third-order valence-corrected chi connectivity index (χ3v) is 4.77. The van der Waals surface area contributed by atoms with E-state index in [1.54, 1.807) is 0 Å². The maximum Gasteiger partial charge on any atom is 0.191 e. The highest BCUT2D eigenvalue weighted by molar-refractivity contribution is 14.0. The summed E-state index contributed by atoms with van der Waals surface area (Å²) >= 11 is 0. The van der Waals surface area contributed by atoms with Gasteiger partial charge in [-0.25, -0.2) is 0 Å². The molecular weight excluding hydrogens is 437 g/mol. The molecule has 5 nitrogen and oxygen atoms in total. The number of hydrogen-bond donors (Lipinski definition) is 2. The molecular formula is C20H36IN5. The summed E-state index contributed by atoms with van der Waals surface area (Å²) in [4.78, 5) is 9.74. The predicted molar refractivity (Wildman–Crippen MR) is 123 cm³/mol. The third-order valence-electron chi connectivity index (χ3n) is 4.77. The van der Waals surface area contributed by atoms with Crippen molar-refractivity contribution in [2.24, 2.45) is 4.99 Å². The van der Waals surface area contributed by atoms with Crippen molar-refractivity contribution in [2.45, 2.75) is 26.2 Å². The summed E-state index contributed by atoms with van der Waals surface area (Å²) in [6.45, 7) is 12.8. The summed E-state index contributed by atoms with van der Waals surface area (Å²) < 4.78 is 0. The van der Waals surface area contributed by atoms with Crippen molar-refractivity contribution in [2.75, 3.05) is 59.4 Å². The van der Waals surface area contributed by atoms with Crippen LogP contribution in [0.2, 0.25) is 0 Å². The van der Waals surface area contributed by atoms with Crippen molar-refractivity contribution in [3.05, 3.63) is 35.9 Å². The van der Waals surface area contributed by atoms with Gasteiger partial charge < -0.3 is 20.4 Å². The molecule has 1 aromatic rings. The largest absolute Gasteiger partial charge is 0.357 e. The Balaban J connectivity index is 0.00000338. The molecule has 1 atom stereocenters. The average Bonchev–Trinajstić information content (AvgIpc) is 2.84. The van der Waals surface area contributed by atoms with Crippen LogP contribution in [-0.2, 0) is 0 Å². The molecule has 2 rings (SSSR count). The van der Waals surface area contributed by atoms with Crippen molar-refractivity contribution in [1.29, 1.82) is 0 Å². The standard InChI is InChI=1S/C20H35N5.HI/c1-4-21-20(23-17-18(2)19-9-6-5-7-10-19)22-11-14-25-13-8-12-24(3)15-16-25;/h5-7,9-10,18H,4,8,11-17H2,1-3H3,(H2,21,22,23);1H. The minimum atomic E-state index is 0. The van der Waals surface area contributed by atoms with Crippen LogP contribution in [0.1, 0.15) is 31.7 Å². The molecule has 1 aliphatic rings. The Hall–Kier alpha value is -0.860. The number of rotatable bonds is 7. The van der Waals surface area contributed by atoms with Crippen molar-refractivity contribution in [3.63, 3.8) is 0 Å². The van der Waals surface area contributed by atoms with E-state index in [9.17, 15) is 0 Å². The molecule has 0 bridgehead atoms. The highest BCUT2D eigenvalue weighted by Crippen LogP contribution is 2.14. The van der Waals surface area contributed by atoms with Crippen LogP contribution in [0, 0.1) is 0 Å². The Morgan fingerprint density at radius 3 is 2.62 bits per heavy atom. The molecule has 0 saturated carbocycles. The summed E-state index contributed by atoms with van der Waals surface area (Å²) in [5.74, 6) is 1.36. The lowest BCUT2D eigenvalue weighted by atomic mass is 10.0. The molecule has 0 radical (unpaired) electrons. The van der Waals surface area contributed by atoms with Crippen molar-refractivity contribution in [3.8, 4) is 0 Å². The molecule has 0 amide bonds. The second-order valence-corrected chi connectivity index (χ2v) is 6.96. The lowest BCUT2D eigenvalue weighted by molar-refractivity contribution is 0.280. The SMILES string of the molecule is CCNC(=NCC(C)c1ccccc1)NCCN1CCCN(C)CC1.I. The van der Waals surface area contributed by atoms with Crippen LogP contribution in [-0.4, -0.2) is 75.2 Å². The summed E-state index contributed by atoms with van der Waals surface area (Å²) in [7, 11) is 2.21. The van der Waals surface area contributed by atoms with E-state index in [1.165, 1.54) is 31.6 Å². The van der Waals surface area contributed by atoms with Gasteiger partial charge in [-0.05, 0) is 39.0 Å². The molecule has 1 aliphatic heterocycles. The van der Waals surface area contributed by atoms with E-state index in [4.69, 9.17) is 4.99 Å². The smallest absolute Gasteiger partial charge is 0.191 e. The van der Waals surface area contributed by atoms with Crippen molar-refractivity contribution >= 4 is 29.9 Å². The molecule has 1 heterocycles. The molecule has 6 heteroatoms. The van der Waals surface area contributed by atoms with Crippen LogP contribution in [0.3, 0.4) is 0 Å². The molecule has 148 valence electrons. The fraction of sp³-hybridized carbons (Fsp3) is 0.650. The van der Waals surface area contributed by atoms with Crippen molar-refractivity contribution in [1.82, 2.24) is 20.4 Å². The van der Waals surface area contributed by atoms with Gasteiger partial charge in [-0.2, -0.15) is 0 Å². The van der Waals surface area contributed by atoms with Gasteiger partial charge in [0.2, 0.25) is 0 Å². The second-order valence-electron chi connectivity index (χ2n) is 6.96. The zero-order valence-electron chi connectivity index (χ0n) is 16.6. The van der Waals surface area contributed by atoms with Gasteiger partial charge in [0.15, 0.2) is 5.96 Å². The maximum atomic E-state index is 4.77. The van der Waals surface area contributed by atoms with E-state index in [-0.39, 0.29) is 24.0 Å². The van der Waals surface area contributed by atoms with E-state index in [1.807, 2.05) is 0 Å². The Morgan fingerprint density at radius 1 is 1.12 bits per heavy atom. The zero-order chi connectivity index (χ0) is 17.9. The van der Waals surface area contributed by atoms with Gasteiger partial charge in [0.25, 0.3) is 0 Å². The number of likely N-dealkylation sites (N-methyl/N-ethyl adjacent to an activating group) is 1. The minimum absolute atomic E-state index is 0. The van der Waals surface area contributed by atoms with Crippen LogP contribution >= 0.6 is 24.0 Å². The van der Waals surface area contributed by atoms with E-state index in [2.05, 4.69) is 71.7 Å². The lowest BCUT2D eigenvalue weighted by Gasteiger charge is -2.21. The number of aliphatic imine (C=N–C) groups is 1. The summed E-state index contributed by atoms with van der Waals surface area (Å²) in [6, 6.07) is 10.6. The van der Waals surface area contributed by atoms with E-state index in [0.29, 0.717) is 5.92 Å². The second kappa shape index (κ2) is 13.3. The highest BCUT2D eigenvalue weighted by atomic mass is 127. The molecule has 1 unspecified atom stereocenters. The van der Waals surface area contributed by atoms with Gasteiger partial charge in [-0.3, -0.25) is 4.99 Å². The normalized spacial score (nSPS) is 17.9. The molecule has 1 fully saturated rings. The molecule has 0 aliphatic carbocycles. The Kier molecular flexibility index (Phi) is 11.9. The Labute approximate surface area is 176 Å². The quantitative estimate of drug-likeness (QED) is 0.363. The fourth-order valence-electron chi connectivity index (χ4n) is 3.11.